The van der Waals surface area contributed by atoms with E-state index < -0.39 is 57.1 Å². The number of ketones is 1. The Bertz CT molecular complexity index is 1070. The summed E-state index contributed by atoms with van der Waals surface area (Å²) in [7, 11) is 0. The molecule has 1 unspecified atom stereocenters. The number of amides is 1. The number of rotatable bonds is 7. The number of aliphatic carboxylic acids is 1. The Labute approximate surface area is 172 Å². The number of β-lactam (4-membered cyclic amide) rings is 1. The smallest absolute Gasteiger partial charge is 0.328 e. The molecule has 11 nitrogen and oxygen atoms in total. The number of hydrogen-bond donors (Lipinski definition) is 4. The van der Waals surface area contributed by atoms with Gasteiger partial charge in [0.2, 0.25) is 17.5 Å². The first kappa shape index (κ1) is 21.5. The summed E-state index contributed by atoms with van der Waals surface area (Å²) < 4.78 is 25.1. The van der Waals surface area contributed by atoms with Crippen LogP contribution in [-0.2, 0) is 25.4 Å². The SMILES string of the molecule is C[C@@H]1CC(=O)N1[C@@H](C(=O)O)[C@](C)(c1cc(C(=O)c2ccc(O)c(O)c2)on1)S(=O)O. The molecule has 0 bridgehead atoms. The third kappa shape index (κ3) is 3.33. The van der Waals surface area contributed by atoms with Crippen LogP contribution in [-0.4, -0.2) is 63.9 Å². The first-order chi connectivity index (χ1) is 14.0. The van der Waals surface area contributed by atoms with E-state index in [9.17, 15) is 38.5 Å². The standard InChI is InChI=1S/C18H18N2O9S/c1-8-5-14(23)20(8)16(17(25)26)18(2,30(27)28)13-7-12(29-19-13)15(24)9-3-4-10(21)11(22)6-9/h3-4,6-8,16,21-22H,5H2,1-2H3,(H,25,26)(H,27,28)/t8-,16+,18+/m1/s1. The maximum absolute atomic E-state index is 12.6. The number of carbonyl (C=O) groups is 3. The van der Waals surface area contributed by atoms with Crippen molar-refractivity contribution in [2.24, 2.45) is 0 Å². The first-order valence-electron chi connectivity index (χ1n) is 8.67. The minimum atomic E-state index is -2.82. The third-order valence-electron chi connectivity index (χ3n) is 5.11. The zero-order valence-corrected chi connectivity index (χ0v) is 16.6. The third-order valence-corrected chi connectivity index (χ3v) is 6.27. The molecule has 12 heteroatoms. The molecule has 1 aliphatic rings. The van der Waals surface area contributed by atoms with Gasteiger partial charge in [0.05, 0.1) is 0 Å². The summed E-state index contributed by atoms with van der Waals surface area (Å²) in [5.41, 5.74) is -0.380. The average Bonchev–Trinajstić information content (AvgIpc) is 3.17. The molecular formula is C18H18N2O9S. The highest BCUT2D eigenvalue weighted by molar-refractivity contribution is 7.80. The number of aromatic hydroxyl groups is 2. The van der Waals surface area contributed by atoms with Crippen molar-refractivity contribution >= 4 is 28.7 Å². The highest BCUT2D eigenvalue weighted by atomic mass is 32.2. The van der Waals surface area contributed by atoms with Gasteiger partial charge in [0.1, 0.15) is 10.4 Å². The molecule has 3 rings (SSSR count). The zero-order chi connectivity index (χ0) is 22.4. The van der Waals surface area contributed by atoms with Gasteiger partial charge in [0, 0.05) is 24.1 Å². The summed E-state index contributed by atoms with van der Waals surface area (Å²) in [5, 5.41) is 32.3. The average molecular weight is 438 g/mol. The molecule has 1 amide bonds. The van der Waals surface area contributed by atoms with Gasteiger partial charge in [-0.3, -0.25) is 9.59 Å². The number of carboxylic acids is 1. The summed E-state index contributed by atoms with van der Waals surface area (Å²) in [6.07, 6.45) is 0.102. The fourth-order valence-electron chi connectivity index (χ4n) is 3.36. The summed E-state index contributed by atoms with van der Waals surface area (Å²) in [6.45, 7) is 2.74. The van der Waals surface area contributed by atoms with Gasteiger partial charge in [-0.05, 0) is 32.0 Å². The largest absolute Gasteiger partial charge is 0.504 e. The predicted octanol–water partition coefficient (Wildman–Crippen LogP) is 0.828. The summed E-state index contributed by atoms with van der Waals surface area (Å²) >= 11 is -2.82. The van der Waals surface area contributed by atoms with E-state index in [4.69, 9.17) is 4.52 Å². The fraction of sp³-hybridized carbons (Fsp3) is 0.333. The van der Waals surface area contributed by atoms with Crippen molar-refractivity contribution in [3.8, 4) is 11.5 Å². The first-order valence-corrected chi connectivity index (χ1v) is 9.78. The van der Waals surface area contributed by atoms with Gasteiger partial charge in [-0.15, -0.1) is 0 Å². The fourth-order valence-corrected chi connectivity index (χ4v) is 4.04. The van der Waals surface area contributed by atoms with E-state index in [1.165, 1.54) is 6.07 Å². The minimum Gasteiger partial charge on any atom is -0.504 e. The van der Waals surface area contributed by atoms with Crippen LogP contribution in [0.15, 0.2) is 28.8 Å². The Kier molecular flexibility index (Phi) is 5.39. The van der Waals surface area contributed by atoms with Crippen LogP contribution in [0.5, 0.6) is 11.5 Å². The van der Waals surface area contributed by atoms with Crippen molar-refractivity contribution in [3.05, 3.63) is 41.3 Å². The second-order valence-corrected chi connectivity index (χ2v) is 8.41. The van der Waals surface area contributed by atoms with Gasteiger partial charge >= 0.3 is 5.97 Å². The number of carbonyl (C=O) groups excluding carboxylic acids is 2. The van der Waals surface area contributed by atoms with Gasteiger partial charge in [-0.25, -0.2) is 9.00 Å². The van der Waals surface area contributed by atoms with Crippen LogP contribution in [0, 0.1) is 0 Å². The lowest BCUT2D eigenvalue weighted by Crippen LogP contribution is -2.65. The predicted molar refractivity (Wildman–Crippen MR) is 100 cm³/mol. The monoisotopic (exact) mass is 438 g/mol. The Morgan fingerprint density at radius 3 is 2.47 bits per heavy atom. The molecule has 1 aliphatic heterocycles. The van der Waals surface area contributed by atoms with E-state index >= 15 is 0 Å². The molecule has 1 aromatic heterocycles. The van der Waals surface area contributed by atoms with Crippen molar-refractivity contribution in [3.63, 3.8) is 0 Å². The van der Waals surface area contributed by atoms with Crippen LogP contribution >= 0.6 is 0 Å². The second kappa shape index (κ2) is 7.54. The number of likely N-dealkylation sites (tertiary alicyclic amines) is 1. The van der Waals surface area contributed by atoms with E-state index in [0.29, 0.717) is 0 Å². The molecule has 2 aromatic rings. The van der Waals surface area contributed by atoms with Crippen molar-refractivity contribution in [1.29, 1.82) is 0 Å². The van der Waals surface area contributed by atoms with Gasteiger partial charge in [0.25, 0.3) is 0 Å². The van der Waals surface area contributed by atoms with Crippen LogP contribution in [0.25, 0.3) is 0 Å². The molecule has 2 heterocycles. The lowest BCUT2D eigenvalue weighted by atomic mass is 9.89. The normalized spacial score (nSPS) is 20.2. The second-order valence-electron chi connectivity index (χ2n) is 7.06. The number of hydrogen-bond acceptors (Lipinski definition) is 8. The quantitative estimate of drug-likeness (QED) is 0.209. The van der Waals surface area contributed by atoms with Crippen LogP contribution in [0.4, 0.5) is 0 Å². The van der Waals surface area contributed by atoms with E-state index in [1.54, 1.807) is 6.92 Å². The van der Waals surface area contributed by atoms with Gasteiger partial charge in [0.15, 0.2) is 28.6 Å². The van der Waals surface area contributed by atoms with Crippen molar-refractivity contribution < 1.29 is 43.0 Å². The van der Waals surface area contributed by atoms with Crippen LogP contribution in [0.1, 0.15) is 42.1 Å². The van der Waals surface area contributed by atoms with Crippen molar-refractivity contribution in [2.75, 3.05) is 0 Å². The van der Waals surface area contributed by atoms with Crippen LogP contribution in [0.3, 0.4) is 0 Å². The Morgan fingerprint density at radius 2 is 1.97 bits per heavy atom. The van der Waals surface area contributed by atoms with Gasteiger partial charge in [-0.2, -0.15) is 0 Å². The Balaban J connectivity index is 2.03. The molecule has 1 fully saturated rings. The maximum Gasteiger partial charge on any atom is 0.328 e. The molecule has 4 atom stereocenters. The van der Waals surface area contributed by atoms with E-state index in [2.05, 4.69) is 5.16 Å². The molecule has 0 aliphatic carbocycles. The summed E-state index contributed by atoms with van der Waals surface area (Å²) in [5.74, 6) is -4.15. The molecule has 160 valence electrons. The van der Waals surface area contributed by atoms with Gasteiger partial charge in [-0.1, -0.05) is 5.16 Å². The number of aromatic nitrogens is 1. The summed E-state index contributed by atoms with van der Waals surface area (Å²) in [6, 6.07) is 2.11. The molecule has 0 spiro atoms. The molecule has 1 saturated heterocycles. The van der Waals surface area contributed by atoms with Crippen LogP contribution in [0.2, 0.25) is 0 Å². The number of nitrogens with zero attached hydrogens (tertiary/aromatic N) is 2. The van der Waals surface area contributed by atoms with Crippen molar-refractivity contribution in [1.82, 2.24) is 10.1 Å². The van der Waals surface area contributed by atoms with E-state index in [1.807, 2.05) is 0 Å². The molecule has 0 radical (unpaired) electrons. The lowest BCUT2D eigenvalue weighted by molar-refractivity contribution is -0.163. The number of phenolic OH excluding ortho intramolecular Hbond substituents is 2. The Hall–Kier alpha value is -3.25. The zero-order valence-electron chi connectivity index (χ0n) is 15.8. The highest BCUT2D eigenvalue weighted by Crippen LogP contribution is 2.38. The van der Waals surface area contributed by atoms with E-state index in [0.717, 1.165) is 30.0 Å². The molecule has 4 N–H and O–H groups in total. The maximum atomic E-state index is 12.6. The topological polar surface area (TPSA) is 178 Å². The number of phenols is 2. The molecule has 0 saturated carbocycles. The molecule has 1 aromatic carbocycles. The van der Waals surface area contributed by atoms with Gasteiger partial charge < -0.3 is 29.3 Å². The number of benzene rings is 1. The Morgan fingerprint density at radius 1 is 1.30 bits per heavy atom. The highest BCUT2D eigenvalue weighted by Gasteiger charge is 2.56. The van der Waals surface area contributed by atoms with Crippen molar-refractivity contribution in [2.45, 2.75) is 37.1 Å². The molecular weight excluding hydrogens is 420 g/mol. The minimum absolute atomic E-state index is 0.0684. The molecule has 30 heavy (non-hydrogen) atoms. The lowest BCUT2D eigenvalue weighted by Gasteiger charge is -2.46. The van der Waals surface area contributed by atoms with Crippen LogP contribution < -0.4 is 0 Å². The van der Waals surface area contributed by atoms with E-state index in [-0.39, 0.29) is 23.4 Å². The number of carboxylic acid groups (broad SMARTS) is 1. The summed E-state index contributed by atoms with van der Waals surface area (Å²) in [4.78, 5) is 37.5.